The molecule has 0 unspecified atom stereocenters. The van der Waals surface area contributed by atoms with Gasteiger partial charge in [0.2, 0.25) is 0 Å². The molecule has 0 bridgehead atoms. The van der Waals surface area contributed by atoms with Crippen molar-refractivity contribution in [2.75, 3.05) is 6.54 Å². The zero-order chi connectivity index (χ0) is 17.7. The second kappa shape index (κ2) is 7.32. The summed E-state index contributed by atoms with van der Waals surface area (Å²) < 4.78 is 4.89. The van der Waals surface area contributed by atoms with Gasteiger partial charge in [0.05, 0.1) is 19.0 Å². The Bertz CT molecular complexity index is 782. The van der Waals surface area contributed by atoms with E-state index in [1.165, 1.54) is 24.6 Å². The van der Waals surface area contributed by atoms with E-state index in [0.29, 0.717) is 16.7 Å². The Labute approximate surface area is 137 Å². The van der Waals surface area contributed by atoms with Gasteiger partial charge in [0.1, 0.15) is 11.5 Å². The molecule has 2 amide bonds. The van der Waals surface area contributed by atoms with Gasteiger partial charge in [-0.2, -0.15) is 5.10 Å². The SMILES string of the molecule is Cc1cc(O)c(C)c(O)c1/C=N\NC(=O)CNC(=O)c1ccco1. The van der Waals surface area contributed by atoms with Crippen molar-refractivity contribution in [1.82, 2.24) is 10.7 Å². The zero-order valence-corrected chi connectivity index (χ0v) is 13.2. The summed E-state index contributed by atoms with van der Waals surface area (Å²) in [6.45, 7) is 2.96. The molecule has 1 aromatic carbocycles. The molecule has 0 spiro atoms. The zero-order valence-electron chi connectivity index (χ0n) is 13.2. The number of furan rings is 1. The van der Waals surface area contributed by atoms with Crippen molar-refractivity contribution in [2.45, 2.75) is 13.8 Å². The van der Waals surface area contributed by atoms with Crippen molar-refractivity contribution in [2.24, 2.45) is 5.10 Å². The summed E-state index contributed by atoms with van der Waals surface area (Å²) in [5, 5.41) is 25.7. The van der Waals surface area contributed by atoms with Gasteiger partial charge in [0.15, 0.2) is 5.76 Å². The average molecular weight is 331 g/mol. The molecule has 8 nitrogen and oxygen atoms in total. The number of hydrazone groups is 1. The van der Waals surface area contributed by atoms with Crippen LogP contribution >= 0.6 is 0 Å². The minimum absolute atomic E-state index is 0.0215. The van der Waals surface area contributed by atoms with Crippen LogP contribution in [0.5, 0.6) is 11.5 Å². The van der Waals surface area contributed by atoms with Gasteiger partial charge in [-0.3, -0.25) is 9.59 Å². The topological polar surface area (TPSA) is 124 Å². The molecular weight excluding hydrogens is 314 g/mol. The lowest BCUT2D eigenvalue weighted by atomic mass is 10.0. The first-order valence-electron chi connectivity index (χ1n) is 7.06. The standard InChI is InChI=1S/C16H17N3O5/c1-9-6-12(20)10(2)15(22)11(9)7-18-19-14(21)8-17-16(23)13-4-3-5-24-13/h3-7,20,22H,8H2,1-2H3,(H,17,23)(H,19,21)/b18-7-. The number of amides is 2. The lowest BCUT2D eigenvalue weighted by Gasteiger charge is -2.08. The van der Waals surface area contributed by atoms with Crippen molar-refractivity contribution in [3.63, 3.8) is 0 Å². The molecule has 0 fully saturated rings. The van der Waals surface area contributed by atoms with E-state index >= 15 is 0 Å². The molecule has 0 saturated carbocycles. The highest BCUT2D eigenvalue weighted by molar-refractivity contribution is 5.94. The van der Waals surface area contributed by atoms with Crippen LogP contribution in [-0.4, -0.2) is 34.8 Å². The molecule has 24 heavy (non-hydrogen) atoms. The Morgan fingerprint density at radius 2 is 2.08 bits per heavy atom. The molecule has 4 N–H and O–H groups in total. The number of nitrogens with zero attached hydrogens (tertiary/aromatic N) is 1. The van der Waals surface area contributed by atoms with Gasteiger partial charge < -0.3 is 19.9 Å². The van der Waals surface area contributed by atoms with E-state index < -0.39 is 11.8 Å². The Morgan fingerprint density at radius 1 is 1.33 bits per heavy atom. The summed E-state index contributed by atoms with van der Waals surface area (Å²) >= 11 is 0. The van der Waals surface area contributed by atoms with Gasteiger partial charge >= 0.3 is 0 Å². The van der Waals surface area contributed by atoms with Crippen LogP contribution in [0.25, 0.3) is 0 Å². The molecule has 126 valence electrons. The predicted octanol–water partition coefficient (Wildman–Crippen LogP) is 1.19. The smallest absolute Gasteiger partial charge is 0.287 e. The number of aryl methyl sites for hydroxylation is 1. The van der Waals surface area contributed by atoms with E-state index in [9.17, 15) is 19.8 Å². The summed E-state index contributed by atoms with van der Waals surface area (Å²) in [5.41, 5.74) is 3.53. The van der Waals surface area contributed by atoms with E-state index in [0.717, 1.165) is 0 Å². The summed E-state index contributed by atoms with van der Waals surface area (Å²) in [7, 11) is 0. The Kier molecular flexibility index (Phi) is 5.20. The average Bonchev–Trinajstić information content (AvgIpc) is 3.08. The van der Waals surface area contributed by atoms with Crippen molar-refractivity contribution in [3.8, 4) is 11.5 Å². The first kappa shape index (κ1) is 17.1. The van der Waals surface area contributed by atoms with Crippen LogP contribution in [0.1, 0.15) is 27.2 Å². The maximum atomic E-state index is 11.6. The molecule has 0 radical (unpaired) electrons. The largest absolute Gasteiger partial charge is 0.508 e. The van der Waals surface area contributed by atoms with Gasteiger partial charge in [0, 0.05) is 11.1 Å². The maximum absolute atomic E-state index is 11.6. The number of hydrogen-bond acceptors (Lipinski definition) is 6. The summed E-state index contributed by atoms with van der Waals surface area (Å²) in [6, 6.07) is 4.53. The second-order valence-electron chi connectivity index (χ2n) is 5.05. The molecule has 2 rings (SSSR count). The molecule has 1 aromatic heterocycles. The fourth-order valence-corrected chi connectivity index (χ4v) is 1.93. The third-order valence-electron chi connectivity index (χ3n) is 3.31. The monoisotopic (exact) mass is 331 g/mol. The number of benzene rings is 1. The molecular formula is C16H17N3O5. The summed E-state index contributed by atoms with van der Waals surface area (Å²) in [4.78, 5) is 23.2. The lowest BCUT2D eigenvalue weighted by Crippen LogP contribution is -2.34. The predicted molar refractivity (Wildman–Crippen MR) is 86.0 cm³/mol. The van der Waals surface area contributed by atoms with E-state index in [4.69, 9.17) is 4.42 Å². The molecule has 0 aliphatic heterocycles. The van der Waals surface area contributed by atoms with Crippen LogP contribution in [0, 0.1) is 13.8 Å². The van der Waals surface area contributed by atoms with Crippen LogP contribution in [0.3, 0.4) is 0 Å². The van der Waals surface area contributed by atoms with Gasteiger partial charge in [-0.05, 0) is 37.6 Å². The number of phenols is 2. The van der Waals surface area contributed by atoms with E-state index in [2.05, 4.69) is 15.8 Å². The lowest BCUT2D eigenvalue weighted by molar-refractivity contribution is -0.120. The van der Waals surface area contributed by atoms with Crippen LogP contribution in [-0.2, 0) is 4.79 Å². The Balaban J connectivity index is 1.91. The number of hydrogen-bond donors (Lipinski definition) is 4. The fourth-order valence-electron chi connectivity index (χ4n) is 1.93. The highest BCUT2D eigenvalue weighted by atomic mass is 16.3. The summed E-state index contributed by atoms with van der Waals surface area (Å²) in [5.74, 6) is -1.09. The fraction of sp³-hybridized carbons (Fsp3) is 0.188. The second-order valence-corrected chi connectivity index (χ2v) is 5.05. The third kappa shape index (κ3) is 3.92. The Hall–Kier alpha value is -3.29. The van der Waals surface area contributed by atoms with Crippen molar-refractivity contribution >= 4 is 18.0 Å². The molecule has 2 aromatic rings. The third-order valence-corrected chi connectivity index (χ3v) is 3.31. The number of nitrogens with one attached hydrogen (secondary N) is 2. The minimum Gasteiger partial charge on any atom is -0.508 e. The number of aromatic hydroxyl groups is 2. The molecule has 1 heterocycles. The normalized spacial score (nSPS) is 10.8. The summed E-state index contributed by atoms with van der Waals surface area (Å²) in [6.07, 6.45) is 2.62. The Morgan fingerprint density at radius 3 is 2.75 bits per heavy atom. The molecule has 8 heteroatoms. The van der Waals surface area contributed by atoms with E-state index in [1.807, 2.05) is 0 Å². The maximum Gasteiger partial charge on any atom is 0.287 e. The van der Waals surface area contributed by atoms with Crippen LogP contribution in [0.2, 0.25) is 0 Å². The van der Waals surface area contributed by atoms with Gasteiger partial charge in [-0.15, -0.1) is 0 Å². The highest BCUT2D eigenvalue weighted by Crippen LogP contribution is 2.31. The van der Waals surface area contributed by atoms with Crippen molar-refractivity contribution < 1.29 is 24.2 Å². The first-order chi connectivity index (χ1) is 11.4. The first-order valence-corrected chi connectivity index (χ1v) is 7.06. The van der Waals surface area contributed by atoms with Crippen LogP contribution in [0.15, 0.2) is 34.0 Å². The number of carbonyl (C=O) groups excluding carboxylic acids is 2. The molecule has 0 saturated heterocycles. The number of phenolic OH excluding ortho intramolecular Hbond substituents is 2. The number of rotatable bonds is 5. The van der Waals surface area contributed by atoms with Gasteiger partial charge in [-0.1, -0.05) is 0 Å². The van der Waals surface area contributed by atoms with Crippen LogP contribution < -0.4 is 10.7 Å². The molecule has 0 aliphatic carbocycles. The molecule has 0 aliphatic rings. The van der Waals surface area contributed by atoms with Gasteiger partial charge in [0.25, 0.3) is 11.8 Å². The van der Waals surface area contributed by atoms with Gasteiger partial charge in [-0.25, -0.2) is 5.43 Å². The van der Waals surface area contributed by atoms with Crippen molar-refractivity contribution in [1.29, 1.82) is 0 Å². The number of carbonyl (C=O) groups is 2. The van der Waals surface area contributed by atoms with E-state index in [-0.39, 0.29) is 23.8 Å². The van der Waals surface area contributed by atoms with Crippen molar-refractivity contribution in [3.05, 3.63) is 46.9 Å². The minimum atomic E-state index is -0.543. The van der Waals surface area contributed by atoms with E-state index in [1.54, 1.807) is 19.9 Å². The van der Waals surface area contributed by atoms with Crippen LogP contribution in [0.4, 0.5) is 0 Å². The highest BCUT2D eigenvalue weighted by Gasteiger charge is 2.11. The quantitative estimate of drug-likeness (QED) is 0.484. The molecule has 0 atom stereocenters.